The van der Waals surface area contributed by atoms with Crippen LogP contribution in [0.15, 0.2) is 4.47 Å². The van der Waals surface area contributed by atoms with Crippen LogP contribution in [0.2, 0.25) is 0 Å². The zero-order valence-electron chi connectivity index (χ0n) is 11.2. The van der Waals surface area contributed by atoms with Crippen molar-refractivity contribution in [3.63, 3.8) is 0 Å². The summed E-state index contributed by atoms with van der Waals surface area (Å²) in [7, 11) is 3.73. The van der Waals surface area contributed by atoms with E-state index in [2.05, 4.69) is 41.6 Å². The van der Waals surface area contributed by atoms with Crippen molar-refractivity contribution in [3.8, 4) is 5.75 Å². The Morgan fingerprint density at radius 3 is 2.24 bits per heavy atom. The normalized spacial score (nSPS) is 11.1. The maximum atomic E-state index is 5.64. The first kappa shape index (κ1) is 14.5. The number of nitrogens with zero attached hydrogens (tertiary/aromatic N) is 1. The highest BCUT2D eigenvalue weighted by Crippen LogP contribution is 2.36. The van der Waals surface area contributed by atoms with Crippen molar-refractivity contribution in [2.24, 2.45) is 5.73 Å². The minimum absolute atomic E-state index is 0.535. The zero-order valence-corrected chi connectivity index (χ0v) is 12.8. The Balaban J connectivity index is 3.36. The van der Waals surface area contributed by atoms with Crippen molar-refractivity contribution in [3.05, 3.63) is 26.7 Å². The SMILES string of the molecule is COc1c(C)c(C)c(Br)c(C)c1CN(C)CN. The van der Waals surface area contributed by atoms with Crippen LogP contribution >= 0.6 is 15.9 Å². The van der Waals surface area contributed by atoms with Crippen LogP contribution in [0.25, 0.3) is 0 Å². The van der Waals surface area contributed by atoms with Gasteiger partial charge in [0.1, 0.15) is 5.75 Å². The van der Waals surface area contributed by atoms with Gasteiger partial charge in [0.05, 0.1) is 7.11 Å². The fourth-order valence-electron chi connectivity index (χ4n) is 1.95. The minimum Gasteiger partial charge on any atom is -0.496 e. The largest absolute Gasteiger partial charge is 0.496 e. The third kappa shape index (κ3) is 2.81. The lowest BCUT2D eigenvalue weighted by atomic mass is 9.98. The molecule has 0 saturated carbocycles. The van der Waals surface area contributed by atoms with E-state index in [1.54, 1.807) is 7.11 Å². The van der Waals surface area contributed by atoms with Gasteiger partial charge in [-0.3, -0.25) is 4.90 Å². The molecule has 17 heavy (non-hydrogen) atoms. The zero-order chi connectivity index (χ0) is 13.2. The van der Waals surface area contributed by atoms with Crippen molar-refractivity contribution >= 4 is 15.9 Å². The molecule has 0 radical (unpaired) electrons. The summed E-state index contributed by atoms with van der Waals surface area (Å²) in [6, 6.07) is 0. The molecule has 0 saturated heterocycles. The number of hydrogen-bond donors (Lipinski definition) is 1. The van der Waals surface area contributed by atoms with Gasteiger partial charge in [-0.2, -0.15) is 0 Å². The molecule has 1 aromatic rings. The number of benzene rings is 1. The Morgan fingerprint density at radius 1 is 1.18 bits per heavy atom. The highest BCUT2D eigenvalue weighted by atomic mass is 79.9. The number of nitrogens with two attached hydrogens (primary N) is 1. The van der Waals surface area contributed by atoms with E-state index >= 15 is 0 Å². The van der Waals surface area contributed by atoms with Crippen molar-refractivity contribution in [2.75, 3.05) is 20.8 Å². The monoisotopic (exact) mass is 300 g/mol. The van der Waals surface area contributed by atoms with Gasteiger partial charge in [0, 0.05) is 23.2 Å². The lowest BCUT2D eigenvalue weighted by Crippen LogP contribution is -2.26. The highest BCUT2D eigenvalue weighted by molar-refractivity contribution is 9.10. The minimum atomic E-state index is 0.535. The first-order valence-electron chi connectivity index (χ1n) is 5.64. The van der Waals surface area contributed by atoms with E-state index in [-0.39, 0.29) is 0 Å². The lowest BCUT2D eigenvalue weighted by molar-refractivity contribution is 0.324. The Labute approximate surface area is 112 Å². The topological polar surface area (TPSA) is 38.5 Å². The summed E-state index contributed by atoms with van der Waals surface area (Å²) in [4.78, 5) is 2.06. The summed E-state index contributed by atoms with van der Waals surface area (Å²) in [5, 5.41) is 0. The molecular weight excluding hydrogens is 280 g/mol. The molecule has 0 aliphatic heterocycles. The fraction of sp³-hybridized carbons (Fsp3) is 0.538. The van der Waals surface area contributed by atoms with Gasteiger partial charge >= 0.3 is 0 Å². The third-order valence-corrected chi connectivity index (χ3v) is 4.42. The summed E-state index contributed by atoms with van der Waals surface area (Å²) >= 11 is 3.65. The highest BCUT2D eigenvalue weighted by Gasteiger charge is 2.17. The summed E-state index contributed by atoms with van der Waals surface area (Å²) in [5.41, 5.74) is 10.5. The van der Waals surface area contributed by atoms with Crippen LogP contribution in [-0.4, -0.2) is 25.7 Å². The molecular formula is C13H21BrN2O. The second-order valence-electron chi connectivity index (χ2n) is 4.40. The number of rotatable bonds is 4. The van der Waals surface area contributed by atoms with E-state index in [0.717, 1.165) is 16.8 Å². The summed E-state index contributed by atoms with van der Waals surface area (Å²) in [6.07, 6.45) is 0. The van der Waals surface area contributed by atoms with Crippen LogP contribution in [0, 0.1) is 20.8 Å². The molecule has 1 aromatic carbocycles. The van der Waals surface area contributed by atoms with Crippen LogP contribution in [0.5, 0.6) is 5.75 Å². The van der Waals surface area contributed by atoms with Crippen LogP contribution < -0.4 is 10.5 Å². The molecule has 0 fully saturated rings. The van der Waals surface area contributed by atoms with Crippen molar-refractivity contribution < 1.29 is 4.74 Å². The molecule has 2 N–H and O–H groups in total. The molecule has 0 spiro atoms. The van der Waals surface area contributed by atoms with E-state index in [1.165, 1.54) is 22.3 Å². The van der Waals surface area contributed by atoms with Gasteiger partial charge in [-0.25, -0.2) is 0 Å². The molecule has 0 atom stereocenters. The van der Waals surface area contributed by atoms with Gasteiger partial charge in [0.15, 0.2) is 0 Å². The first-order valence-corrected chi connectivity index (χ1v) is 6.44. The Hall–Kier alpha value is -0.580. The first-order chi connectivity index (χ1) is 7.93. The average molecular weight is 301 g/mol. The van der Waals surface area contributed by atoms with E-state index < -0.39 is 0 Å². The second kappa shape index (κ2) is 5.85. The van der Waals surface area contributed by atoms with Crippen molar-refractivity contribution in [1.29, 1.82) is 0 Å². The van der Waals surface area contributed by atoms with E-state index in [9.17, 15) is 0 Å². The average Bonchev–Trinajstić information content (AvgIpc) is 2.33. The molecule has 0 aliphatic carbocycles. The summed E-state index contributed by atoms with van der Waals surface area (Å²) in [6.45, 7) is 7.63. The van der Waals surface area contributed by atoms with Gasteiger partial charge in [-0.1, -0.05) is 15.9 Å². The molecule has 0 bridgehead atoms. The molecule has 0 amide bonds. The number of halogens is 1. The molecule has 0 aliphatic rings. The fourth-order valence-corrected chi connectivity index (χ4v) is 2.48. The van der Waals surface area contributed by atoms with E-state index in [4.69, 9.17) is 10.5 Å². The lowest BCUT2D eigenvalue weighted by Gasteiger charge is -2.22. The maximum absolute atomic E-state index is 5.64. The van der Waals surface area contributed by atoms with Gasteiger partial charge in [0.2, 0.25) is 0 Å². The van der Waals surface area contributed by atoms with Gasteiger partial charge < -0.3 is 10.5 Å². The van der Waals surface area contributed by atoms with Crippen molar-refractivity contribution in [2.45, 2.75) is 27.3 Å². The predicted octanol–water partition coefficient (Wildman–Crippen LogP) is 2.73. The molecule has 4 heteroatoms. The molecule has 3 nitrogen and oxygen atoms in total. The molecule has 1 rings (SSSR count). The summed E-state index contributed by atoms with van der Waals surface area (Å²) < 4.78 is 6.71. The van der Waals surface area contributed by atoms with Gasteiger partial charge in [-0.05, 0) is 44.5 Å². The smallest absolute Gasteiger partial charge is 0.126 e. The van der Waals surface area contributed by atoms with Crippen LogP contribution in [-0.2, 0) is 6.54 Å². The molecule has 96 valence electrons. The predicted molar refractivity (Wildman–Crippen MR) is 75.4 cm³/mol. The second-order valence-corrected chi connectivity index (χ2v) is 5.19. The number of methoxy groups -OCH3 is 1. The van der Waals surface area contributed by atoms with Gasteiger partial charge in [0.25, 0.3) is 0 Å². The van der Waals surface area contributed by atoms with Crippen LogP contribution in [0.1, 0.15) is 22.3 Å². The molecule has 0 aromatic heterocycles. The standard InChI is InChI=1S/C13H21BrN2O/c1-8-9(2)13(17-5)11(6-16(4)7-15)10(3)12(8)14/h6-7,15H2,1-5H3. The van der Waals surface area contributed by atoms with E-state index in [0.29, 0.717) is 6.67 Å². The Kier molecular flexibility index (Phi) is 4.98. The van der Waals surface area contributed by atoms with Crippen molar-refractivity contribution in [1.82, 2.24) is 4.90 Å². The molecule has 0 unspecified atom stereocenters. The maximum Gasteiger partial charge on any atom is 0.126 e. The number of ether oxygens (including phenoxy) is 1. The van der Waals surface area contributed by atoms with Crippen LogP contribution in [0.4, 0.5) is 0 Å². The Bertz CT molecular complexity index is 419. The van der Waals surface area contributed by atoms with Gasteiger partial charge in [-0.15, -0.1) is 0 Å². The Morgan fingerprint density at radius 2 is 1.76 bits per heavy atom. The van der Waals surface area contributed by atoms with Crippen LogP contribution in [0.3, 0.4) is 0 Å². The summed E-state index contributed by atoms with van der Waals surface area (Å²) in [5.74, 6) is 0.975. The third-order valence-electron chi connectivity index (χ3n) is 3.23. The molecule has 0 heterocycles. The number of hydrogen-bond acceptors (Lipinski definition) is 3. The quantitative estimate of drug-likeness (QED) is 0.869. The van der Waals surface area contributed by atoms with E-state index in [1.807, 2.05) is 7.05 Å².